The summed E-state index contributed by atoms with van der Waals surface area (Å²) in [5.41, 5.74) is 0.647. The molecule has 0 bridgehead atoms. The van der Waals surface area contributed by atoms with Crippen molar-refractivity contribution in [2.24, 2.45) is 0 Å². The first-order chi connectivity index (χ1) is 12.9. The molecule has 0 fully saturated rings. The molecule has 0 unspecified atom stereocenters. The number of hydrogen-bond donors (Lipinski definition) is 2. The molecule has 8 heteroatoms. The molecular weight excluding hydrogens is 357 g/mol. The van der Waals surface area contributed by atoms with Crippen LogP contribution < -0.4 is 10.6 Å². The van der Waals surface area contributed by atoms with Crippen LogP contribution in [0.5, 0.6) is 0 Å². The Balaban J connectivity index is 1.69. The van der Waals surface area contributed by atoms with Gasteiger partial charge in [-0.1, -0.05) is 12.1 Å². The van der Waals surface area contributed by atoms with Crippen LogP contribution in [0.15, 0.2) is 67.1 Å². The van der Waals surface area contributed by atoms with E-state index in [4.69, 9.17) is 0 Å². The minimum atomic E-state index is -4.43. The van der Waals surface area contributed by atoms with Crippen LogP contribution in [0.1, 0.15) is 21.5 Å². The molecule has 0 spiro atoms. The van der Waals surface area contributed by atoms with Gasteiger partial charge in [0.25, 0.3) is 5.91 Å². The number of benzene rings is 1. The van der Waals surface area contributed by atoms with Crippen molar-refractivity contribution in [1.82, 2.24) is 15.3 Å². The molecule has 2 heterocycles. The van der Waals surface area contributed by atoms with E-state index in [-0.39, 0.29) is 17.4 Å². The molecule has 0 atom stereocenters. The van der Waals surface area contributed by atoms with Gasteiger partial charge in [-0.3, -0.25) is 9.78 Å². The Hall–Kier alpha value is -3.42. The topological polar surface area (TPSA) is 66.9 Å². The highest BCUT2D eigenvalue weighted by atomic mass is 19.4. The molecule has 0 aliphatic carbocycles. The van der Waals surface area contributed by atoms with Crippen LogP contribution in [0.4, 0.5) is 24.7 Å². The Bertz CT molecular complexity index is 929. The largest absolute Gasteiger partial charge is 0.416 e. The van der Waals surface area contributed by atoms with Gasteiger partial charge in [0.05, 0.1) is 5.56 Å². The Morgan fingerprint density at radius 1 is 1.04 bits per heavy atom. The van der Waals surface area contributed by atoms with Crippen LogP contribution in [-0.2, 0) is 12.7 Å². The predicted molar refractivity (Wildman–Crippen MR) is 94.4 cm³/mol. The Kier molecular flexibility index (Phi) is 5.35. The Morgan fingerprint density at radius 3 is 2.63 bits per heavy atom. The normalized spacial score (nSPS) is 11.1. The zero-order valence-corrected chi connectivity index (χ0v) is 14.0. The van der Waals surface area contributed by atoms with Crippen LogP contribution in [0.2, 0.25) is 0 Å². The monoisotopic (exact) mass is 372 g/mol. The minimum absolute atomic E-state index is 0.227. The highest BCUT2D eigenvalue weighted by Crippen LogP contribution is 2.31. The Labute approximate surface area is 153 Å². The van der Waals surface area contributed by atoms with E-state index < -0.39 is 11.7 Å². The molecular formula is C19H15F3N4O. The fourth-order valence-electron chi connectivity index (χ4n) is 2.35. The van der Waals surface area contributed by atoms with E-state index in [9.17, 15) is 18.0 Å². The summed E-state index contributed by atoms with van der Waals surface area (Å²) in [6.45, 7) is 0.311. The summed E-state index contributed by atoms with van der Waals surface area (Å²) in [5.74, 6) is -0.0586. The zero-order valence-electron chi connectivity index (χ0n) is 14.0. The van der Waals surface area contributed by atoms with Crippen molar-refractivity contribution in [3.05, 3.63) is 83.8 Å². The Morgan fingerprint density at radius 2 is 1.89 bits per heavy atom. The van der Waals surface area contributed by atoms with E-state index in [0.717, 1.165) is 17.7 Å². The van der Waals surface area contributed by atoms with Gasteiger partial charge in [-0.15, -0.1) is 0 Å². The fraction of sp³-hybridized carbons (Fsp3) is 0.105. The minimum Gasteiger partial charge on any atom is -0.348 e. The highest BCUT2D eigenvalue weighted by molar-refractivity contribution is 5.94. The summed E-state index contributed by atoms with van der Waals surface area (Å²) in [6, 6.07) is 11.4. The third kappa shape index (κ3) is 5.04. The molecule has 2 aromatic heterocycles. The van der Waals surface area contributed by atoms with Crippen LogP contribution in [-0.4, -0.2) is 15.9 Å². The van der Waals surface area contributed by atoms with Gasteiger partial charge in [0.2, 0.25) is 0 Å². The van der Waals surface area contributed by atoms with E-state index in [0.29, 0.717) is 12.1 Å². The van der Waals surface area contributed by atoms with Crippen molar-refractivity contribution in [3.63, 3.8) is 0 Å². The molecule has 27 heavy (non-hydrogen) atoms. The first kappa shape index (κ1) is 18.4. The second-order valence-corrected chi connectivity index (χ2v) is 5.68. The lowest BCUT2D eigenvalue weighted by atomic mass is 10.2. The number of rotatable bonds is 5. The predicted octanol–water partition coefficient (Wildman–Crippen LogP) is 4.17. The van der Waals surface area contributed by atoms with Crippen LogP contribution in [0.3, 0.4) is 0 Å². The zero-order chi connectivity index (χ0) is 19.3. The molecule has 0 saturated heterocycles. The molecule has 5 nitrogen and oxygen atoms in total. The second-order valence-electron chi connectivity index (χ2n) is 5.68. The van der Waals surface area contributed by atoms with E-state index >= 15 is 0 Å². The lowest BCUT2D eigenvalue weighted by molar-refractivity contribution is -0.137. The molecule has 0 radical (unpaired) electrons. The van der Waals surface area contributed by atoms with Crippen LogP contribution in [0.25, 0.3) is 0 Å². The first-order valence-electron chi connectivity index (χ1n) is 7.99. The summed E-state index contributed by atoms with van der Waals surface area (Å²) >= 11 is 0. The van der Waals surface area contributed by atoms with Crippen molar-refractivity contribution in [2.75, 3.05) is 5.32 Å². The number of nitrogens with zero attached hydrogens (tertiary/aromatic N) is 2. The average Bonchev–Trinajstić information content (AvgIpc) is 2.67. The number of amides is 1. The molecule has 138 valence electrons. The molecule has 2 N–H and O–H groups in total. The third-order valence-corrected chi connectivity index (χ3v) is 3.66. The van der Waals surface area contributed by atoms with Crippen LogP contribution in [0, 0.1) is 0 Å². The number of pyridine rings is 2. The number of carbonyl (C=O) groups excluding carboxylic acids is 1. The second kappa shape index (κ2) is 7.86. The molecule has 3 aromatic rings. The smallest absolute Gasteiger partial charge is 0.348 e. The van der Waals surface area contributed by atoms with Crippen molar-refractivity contribution in [1.29, 1.82) is 0 Å². The van der Waals surface area contributed by atoms with E-state index in [1.54, 1.807) is 18.5 Å². The SMILES string of the molecule is O=C(NCc1cccnc1)c1ccnc(Nc2cccc(C(F)(F)F)c2)c1. The van der Waals surface area contributed by atoms with E-state index in [1.807, 2.05) is 6.07 Å². The third-order valence-electron chi connectivity index (χ3n) is 3.66. The van der Waals surface area contributed by atoms with Gasteiger partial charge in [0, 0.05) is 36.4 Å². The van der Waals surface area contributed by atoms with Gasteiger partial charge in [-0.2, -0.15) is 13.2 Å². The number of carbonyl (C=O) groups is 1. The first-order valence-corrected chi connectivity index (χ1v) is 7.99. The molecule has 1 amide bonds. The molecule has 3 rings (SSSR count). The highest BCUT2D eigenvalue weighted by Gasteiger charge is 2.30. The number of anilines is 2. The van der Waals surface area contributed by atoms with Crippen molar-refractivity contribution < 1.29 is 18.0 Å². The number of aromatic nitrogens is 2. The maximum atomic E-state index is 12.8. The van der Waals surface area contributed by atoms with Gasteiger partial charge in [-0.25, -0.2) is 4.98 Å². The van der Waals surface area contributed by atoms with Crippen molar-refractivity contribution in [3.8, 4) is 0 Å². The standard InChI is InChI=1S/C19H15F3N4O/c20-19(21,22)15-4-1-5-16(10-15)26-17-9-14(6-8-24-17)18(27)25-12-13-3-2-7-23-11-13/h1-11H,12H2,(H,24,26)(H,25,27). The molecule has 0 saturated carbocycles. The van der Waals surface area contributed by atoms with Gasteiger partial charge in [-0.05, 0) is 42.0 Å². The number of alkyl halides is 3. The summed E-state index contributed by atoms with van der Waals surface area (Å²) in [5, 5.41) is 5.54. The quantitative estimate of drug-likeness (QED) is 0.706. The summed E-state index contributed by atoms with van der Waals surface area (Å²) < 4.78 is 38.4. The molecule has 0 aliphatic rings. The maximum Gasteiger partial charge on any atom is 0.416 e. The molecule has 0 aliphatic heterocycles. The van der Waals surface area contributed by atoms with Gasteiger partial charge < -0.3 is 10.6 Å². The van der Waals surface area contributed by atoms with Crippen molar-refractivity contribution >= 4 is 17.4 Å². The lowest BCUT2D eigenvalue weighted by Gasteiger charge is -2.11. The maximum absolute atomic E-state index is 12.8. The van der Waals surface area contributed by atoms with Crippen LogP contribution >= 0.6 is 0 Å². The average molecular weight is 372 g/mol. The number of hydrogen-bond acceptors (Lipinski definition) is 4. The van der Waals surface area contributed by atoms with E-state index in [1.165, 1.54) is 30.5 Å². The van der Waals surface area contributed by atoms with Gasteiger partial charge in [0.15, 0.2) is 0 Å². The number of nitrogens with one attached hydrogen (secondary N) is 2. The molecule has 1 aromatic carbocycles. The summed E-state index contributed by atoms with van der Waals surface area (Å²) in [4.78, 5) is 20.3. The summed E-state index contributed by atoms with van der Waals surface area (Å²) in [7, 11) is 0. The lowest BCUT2D eigenvalue weighted by Crippen LogP contribution is -2.23. The van der Waals surface area contributed by atoms with E-state index in [2.05, 4.69) is 20.6 Å². The van der Waals surface area contributed by atoms with Gasteiger partial charge >= 0.3 is 6.18 Å². The van der Waals surface area contributed by atoms with Gasteiger partial charge in [0.1, 0.15) is 5.82 Å². The summed E-state index contributed by atoms with van der Waals surface area (Å²) in [6.07, 6.45) is 0.265. The number of halogens is 3. The van der Waals surface area contributed by atoms with Crippen molar-refractivity contribution in [2.45, 2.75) is 12.7 Å². The fourth-order valence-corrected chi connectivity index (χ4v) is 2.35.